The van der Waals surface area contributed by atoms with Crippen LogP contribution >= 0.6 is 11.6 Å². The standard InChI is InChI=1S/C18H26ClNO/c1-14-8-9-15(16(19)12-14)13-17(21)18(20(2)3)10-6-4-5-7-11-18/h8-9,12H,4-7,10-11,13H2,1-3H3. The minimum atomic E-state index is -0.301. The zero-order valence-corrected chi connectivity index (χ0v) is 14.2. The minimum absolute atomic E-state index is 0.301. The van der Waals surface area contributed by atoms with Crippen LogP contribution < -0.4 is 0 Å². The highest BCUT2D eigenvalue weighted by Gasteiger charge is 2.40. The van der Waals surface area contributed by atoms with Crippen LogP contribution in [0.4, 0.5) is 0 Å². The molecule has 1 aromatic carbocycles. The molecule has 1 aliphatic carbocycles. The zero-order chi connectivity index (χ0) is 15.5. The van der Waals surface area contributed by atoms with Crippen molar-refractivity contribution in [2.24, 2.45) is 0 Å². The van der Waals surface area contributed by atoms with Crippen LogP contribution in [0.1, 0.15) is 49.7 Å². The first kappa shape index (κ1) is 16.5. The quantitative estimate of drug-likeness (QED) is 0.768. The van der Waals surface area contributed by atoms with E-state index in [9.17, 15) is 4.79 Å². The van der Waals surface area contributed by atoms with Gasteiger partial charge >= 0.3 is 0 Å². The Morgan fingerprint density at radius 2 is 1.81 bits per heavy atom. The van der Waals surface area contributed by atoms with Crippen LogP contribution in [0, 0.1) is 6.92 Å². The lowest BCUT2D eigenvalue weighted by Gasteiger charge is -2.38. The SMILES string of the molecule is Cc1ccc(CC(=O)C2(N(C)C)CCCCCC2)c(Cl)c1. The number of halogens is 1. The monoisotopic (exact) mass is 307 g/mol. The van der Waals surface area contributed by atoms with Gasteiger partial charge in [-0.15, -0.1) is 0 Å². The molecule has 0 amide bonds. The van der Waals surface area contributed by atoms with E-state index in [1.54, 1.807) is 0 Å². The fourth-order valence-corrected chi connectivity index (χ4v) is 3.72. The van der Waals surface area contributed by atoms with Crippen molar-refractivity contribution >= 4 is 17.4 Å². The summed E-state index contributed by atoms with van der Waals surface area (Å²) in [6, 6.07) is 5.97. The van der Waals surface area contributed by atoms with Crippen molar-refractivity contribution in [1.29, 1.82) is 0 Å². The lowest BCUT2D eigenvalue weighted by molar-refractivity contribution is -0.130. The number of carbonyl (C=O) groups is 1. The molecule has 1 aliphatic rings. The zero-order valence-electron chi connectivity index (χ0n) is 13.4. The maximum Gasteiger partial charge on any atom is 0.157 e. The van der Waals surface area contributed by atoms with Gasteiger partial charge in [-0.05, 0) is 51.1 Å². The van der Waals surface area contributed by atoms with E-state index in [0.717, 1.165) is 36.8 Å². The van der Waals surface area contributed by atoms with Crippen LogP contribution in [-0.4, -0.2) is 30.3 Å². The number of benzene rings is 1. The summed E-state index contributed by atoms with van der Waals surface area (Å²) >= 11 is 6.30. The Hall–Kier alpha value is -0.860. The molecule has 0 atom stereocenters. The van der Waals surface area contributed by atoms with E-state index in [1.807, 2.05) is 39.2 Å². The first-order valence-corrected chi connectivity index (χ1v) is 8.29. The smallest absolute Gasteiger partial charge is 0.157 e. The van der Waals surface area contributed by atoms with E-state index in [0.29, 0.717) is 17.2 Å². The van der Waals surface area contributed by atoms with Gasteiger partial charge in [0.05, 0.1) is 5.54 Å². The normalized spacial score (nSPS) is 18.5. The van der Waals surface area contributed by atoms with Gasteiger partial charge in [0.25, 0.3) is 0 Å². The molecule has 0 bridgehead atoms. The van der Waals surface area contributed by atoms with E-state index >= 15 is 0 Å². The second-order valence-corrected chi connectivity index (χ2v) is 6.94. The summed E-state index contributed by atoms with van der Waals surface area (Å²) in [5.41, 5.74) is 1.79. The van der Waals surface area contributed by atoms with Crippen molar-refractivity contribution in [2.75, 3.05) is 14.1 Å². The van der Waals surface area contributed by atoms with Gasteiger partial charge in [0.15, 0.2) is 5.78 Å². The van der Waals surface area contributed by atoms with Crippen LogP contribution in [0.25, 0.3) is 0 Å². The summed E-state index contributed by atoms with van der Waals surface area (Å²) in [5.74, 6) is 0.320. The average molecular weight is 308 g/mol. The summed E-state index contributed by atoms with van der Waals surface area (Å²) in [4.78, 5) is 15.2. The summed E-state index contributed by atoms with van der Waals surface area (Å²) in [6.45, 7) is 2.02. The Bertz CT molecular complexity index is 502. The Balaban J connectivity index is 2.22. The molecule has 1 aromatic rings. The predicted octanol–water partition coefficient (Wildman–Crippen LogP) is 4.41. The van der Waals surface area contributed by atoms with Crippen LogP contribution in [0.2, 0.25) is 5.02 Å². The van der Waals surface area contributed by atoms with Crippen LogP contribution in [0.15, 0.2) is 18.2 Å². The highest BCUT2D eigenvalue weighted by Crippen LogP contribution is 2.33. The number of likely N-dealkylation sites (N-methyl/N-ethyl adjacent to an activating group) is 1. The molecule has 1 saturated carbocycles. The first-order valence-electron chi connectivity index (χ1n) is 7.91. The first-order chi connectivity index (χ1) is 9.95. The Labute approximate surface area is 133 Å². The summed E-state index contributed by atoms with van der Waals surface area (Å²) < 4.78 is 0. The van der Waals surface area contributed by atoms with Gasteiger partial charge in [0.1, 0.15) is 0 Å². The highest BCUT2D eigenvalue weighted by atomic mass is 35.5. The average Bonchev–Trinajstić information content (AvgIpc) is 2.68. The number of aryl methyl sites for hydroxylation is 1. The number of hydrogen-bond donors (Lipinski definition) is 0. The molecule has 0 aliphatic heterocycles. The predicted molar refractivity (Wildman–Crippen MR) is 89.0 cm³/mol. The molecule has 0 unspecified atom stereocenters. The van der Waals surface area contributed by atoms with Crippen molar-refractivity contribution < 1.29 is 4.79 Å². The van der Waals surface area contributed by atoms with E-state index in [2.05, 4.69) is 4.90 Å². The maximum atomic E-state index is 13.0. The molecule has 0 radical (unpaired) electrons. The Kier molecular flexibility index (Phi) is 5.45. The number of ketones is 1. The Morgan fingerprint density at radius 3 is 2.33 bits per heavy atom. The lowest BCUT2D eigenvalue weighted by atomic mass is 9.82. The molecule has 3 heteroatoms. The second-order valence-electron chi connectivity index (χ2n) is 6.54. The summed E-state index contributed by atoms with van der Waals surface area (Å²) in [7, 11) is 4.08. The molecule has 2 nitrogen and oxygen atoms in total. The molecule has 0 spiro atoms. The van der Waals surface area contributed by atoms with E-state index < -0.39 is 0 Å². The highest BCUT2D eigenvalue weighted by molar-refractivity contribution is 6.31. The van der Waals surface area contributed by atoms with Gasteiger partial charge in [-0.1, -0.05) is 49.4 Å². The van der Waals surface area contributed by atoms with Crippen LogP contribution in [0.5, 0.6) is 0 Å². The number of hydrogen-bond acceptors (Lipinski definition) is 2. The molecule has 0 aromatic heterocycles. The maximum absolute atomic E-state index is 13.0. The molecule has 116 valence electrons. The van der Waals surface area contributed by atoms with Gasteiger partial charge < -0.3 is 0 Å². The van der Waals surface area contributed by atoms with Crippen LogP contribution in [-0.2, 0) is 11.2 Å². The van der Waals surface area contributed by atoms with E-state index in [1.165, 1.54) is 12.8 Å². The molecule has 21 heavy (non-hydrogen) atoms. The number of rotatable bonds is 4. The van der Waals surface area contributed by atoms with Crippen molar-refractivity contribution in [1.82, 2.24) is 4.90 Å². The summed E-state index contributed by atoms with van der Waals surface area (Å²) in [5, 5.41) is 0.714. The van der Waals surface area contributed by atoms with Crippen molar-refractivity contribution in [3.8, 4) is 0 Å². The molecule has 1 fully saturated rings. The van der Waals surface area contributed by atoms with Gasteiger partial charge in [0, 0.05) is 11.4 Å². The fraction of sp³-hybridized carbons (Fsp3) is 0.611. The fourth-order valence-electron chi connectivity index (χ4n) is 3.42. The molecule has 0 heterocycles. The summed E-state index contributed by atoms with van der Waals surface area (Å²) in [6.07, 6.45) is 7.17. The Morgan fingerprint density at radius 1 is 1.19 bits per heavy atom. The second kappa shape index (κ2) is 6.93. The molecular formula is C18H26ClNO. The molecule has 0 N–H and O–H groups in total. The van der Waals surface area contributed by atoms with Gasteiger partial charge in [-0.25, -0.2) is 0 Å². The van der Waals surface area contributed by atoms with Crippen molar-refractivity contribution in [3.63, 3.8) is 0 Å². The number of Topliss-reactive ketones (excluding diaryl/α,β-unsaturated/α-hetero) is 1. The lowest BCUT2D eigenvalue weighted by Crippen LogP contribution is -2.51. The largest absolute Gasteiger partial charge is 0.297 e. The third-order valence-electron chi connectivity index (χ3n) is 4.87. The molecule has 0 saturated heterocycles. The topological polar surface area (TPSA) is 20.3 Å². The molecule has 2 rings (SSSR count). The van der Waals surface area contributed by atoms with Crippen molar-refractivity contribution in [2.45, 2.75) is 57.4 Å². The van der Waals surface area contributed by atoms with Gasteiger partial charge in [-0.2, -0.15) is 0 Å². The van der Waals surface area contributed by atoms with Gasteiger partial charge in [-0.3, -0.25) is 9.69 Å². The van der Waals surface area contributed by atoms with Crippen LogP contribution in [0.3, 0.4) is 0 Å². The molecular weight excluding hydrogens is 282 g/mol. The minimum Gasteiger partial charge on any atom is -0.297 e. The van der Waals surface area contributed by atoms with E-state index in [-0.39, 0.29) is 5.54 Å². The van der Waals surface area contributed by atoms with Gasteiger partial charge in [0.2, 0.25) is 0 Å². The van der Waals surface area contributed by atoms with Crippen molar-refractivity contribution in [3.05, 3.63) is 34.3 Å². The third-order valence-corrected chi connectivity index (χ3v) is 5.22. The third kappa shape index (κ3) is 3.67. The van der Waals surface area contributed by atoms with E-state index in [4.69, 9.17) is 11.6 Å². The number of nitrogens with zero attached hydrogens (tertiary/aromatic N) is 1. The number of carbonyl (C=O) groups excluding carboxylic acids is 1.